The Hall–Kier alpha value is -0.870. The van der Waals surface area contributed by atoms with Crippen molar-refractivity contribution >= 4 is 5.97 Å². The highest BCUT2D eigenvalue weighted by atomic mass is 16.4. The van der Waals surface area contributed by atoms with Crippen molar-refractivity contribution in [3.8, 4) is 0 Å². The summed E-state index contributed by atoms with van der Waals surface area (Å²) in [6.45, 7) is 0.785. The van der Waals surface area contributed by atoms with Crippen molar-refractivity contribution in [2.24, 2.45) is 5.92 Å². The van der Waals surface area contributed by atoms with Crippen LogP contribution in [0.25, 0.3) is 0 Å². The van der Waals surface area contributed by atoms with E-state index < -0.39 is 5.97 Å². The second-order valence-corrected chi connectivity index (χ2v) is 3.63. The summed E-state index contributed by atoms with van der Waals surface area (Å²) < 4.78 is 0. The van der Waals surface area contributed by atoms with Crippen LogP contribution >= 0.6 is 0 Å². The van der Waals surface area contributed by atoms with Crippen LogP contribution in [0.4, 0.5) is 0 Å². The SMILES string of the molecule is O=C(O)/C=C/CNC1CCCC1CO. The van der Waals surface area contributed by atoms with Crippen molar-refractivity contribution in [1.82, 2.24) is 5.32 Å². The first-order valence-electron chi connectivity index (χ1n) is 4.97. The summed E-state index contributed by atoms with van der Waals surface area (Å²) in [7, 11) is 0. The molecule has 2 unspecified atom stereocenters. The molecule has 1 rings (SSSR count). The van der Waals surface area contributed by atoms with E-state index in [0.29, 0.717) is 18.5 Å². The Bertz CT molecular complexity index is 215. The summed E-state index contributed by atoms with van der Waals surface area (Å²) in [6.07, 6.45) is 6.01. The Labute approximate surface area is 83.6 Å². The number of hydrogen-bond donors (Lipinski definition) is 3. The summed E-state index contributed by atoms with van der Waals surface area (Å²) in [5, 5.41) is 20.6. The zero-order valence-corrected chi connectivity index (χ0v) is 8.15. The second kappa shape index (κ2) is 5.78. The Morgan fingerprint density at radius 3 is 2.93 bits per heavy atom. The first-order chi connectivity index (χ1) is 6.74. The molecule has 1 saturated carbocycles. The second-order valence-electron chi connectivity index (χ2n) is 3.63. The van der Waals surface area contributed by atoms with Gasteiger partial charge < -0.3 is 15.5 Å². The Morgan fingerprint density at radius 2 is 2.29 bits per heavy atom. The summed E-state index contributed by atoms with van der Waals surface area (Å²) >= 11 is 0. The molecule has 0 radical (unpaired) electrons. The Morgan fingerprint density at radius 1 is 1.50 bits per heavy atom. The third kappa shape index (κ3) is 3.47. The first-order valence-corrected chi connectivity index (χ1v) is 4.97. The van der Waals surface area contributed by atoms with Gasteiger partial charge in [-0.05, 0) is 18.8 Å². The van der Waals surface area contributed by atoms with Gasteiger partial charge in [-0.2, -0.15) is 0 Å². The van der Waals surface area contributed by atoms with Gasteiger partial charge >= 0.3 is 5.97 Å². The minimum atomic E-state index is -0.920. The zero-order valence-electron chi connectivity index (χ0n) is 8.15. The molecule has 0 heterocycles. The minimum absolute atomic E-state index is 0.223. The topological polar surface area (TPSA) is 69.6 Å². The van der Waals surface area contributed by atoms with Gasteiger partial charge in [0.1, 0.15) is 0 Å². The molecular weight excluding hydrogens is 182 g/mol. The molecule has 0 bridgehead atoms. The van der Waals surface area contributed by atoms with Crippen LogP contribution in [0.15, 0.2) is 12.2 Å². The van der Waals surface area contributed by atoms with Crippen LogP contribution in [0.5, 0.6) is 0 Å². The van der Waals surface area contributed by atoms with Crippen molar-refractivity contribution in [1.29, 1.82) is 0 Å². The van der Waals surface area contributed by atoms with Gasteiger partial charge in [-0.3, -0.25) is 0 Å². The van der Waals surface area contributed by atoms with Crippen LogP contribution in [0, 0.1) is 5.92 Å². The standard InChI is InChI=1S/C10H17NO3/c12-7-8-3-1-4-9(8)11-6-2-5-10(13)14/h2,5,8-9,11-12H,1,3-4,6-7H2,(H,13,14)/b5-2+. The molecule has 2 atom stereocenters. The maximum Gasteiger partial charge on any atom is 0.328 e. The van der Waals surface area contributed by atoms with E-state index in [1.54, 1.807) is 6.08 Å². The van der Waals surface area contributed by atoms with E-state index in [1.807, 2.05) is 0 Å². The largest absolute Gasteiger partial charge is 0.478 e. The molecule has 0 aliphatic heterocycles. The predicted molar refractivity (Wildman–Crippen MR) is 53.0 cm³/mol. The molecule has 1 aliphatic carbocycles. The highest BCUT2D eigenvalue weighted by Crippen LogP contribution is 2.24. The molecule has 0 amide bonds. The molecule has 4 heteroatoms. The number of carboxylic acid groups (broad SMARTS) is 1. The number of carbonyl (C=O) groups is 1. The van der Waals surface area contributed by atoms with Gasteiger partial charge in [0.05, 0.1) is 0 Å². The van der Waals surface area contributed by atoms with Crippen LogP contribution < -0.4 is 5.32 Å². The van der Waals surface area contributed by atoms with Crippen molar-refractivity contribution in [2.45, 2.75) is 25.3 Å². The lowest BCUT2D eigenvalue weighted by Gasteiger charge is -2.17. The minimum Gasteiger partial charge on any atom is -0.478 e. The predicted octanol–water partition coefficient (Wildman–Crippen LogP) is 0.378. The van der Waals surface area contributed by atoms with Gasteiger partial charge in [0.15, 0.2) is 0 Å². The molecular formula is C10H17NO3. The van der Waals surface area contributed by atoms with E-state index in [0.717, 1.165) is 25.3 Å². The molecule has 14 heavy (non-hydrogen) atoms. The van der Waals surface area contributed by atoms with Crippen molar-refractivity contribution < 1.29 is 15.0 Å². The third-order valence-electron chi connectivity index (χ3n) is 2.65. The van der Waals surface area contributed by atoms with Crippen molar-refractivity contribution in [2.75, 3.05) is 13.2 Å². The Kier molecular flexibility index (Phi) is 4.62. The molecule has 0 aromatic heterocycles. The quantitative estimate of drug-likeness (QED) is 0.560. The smallest absolute Gasteiger partial charge is 0.328 e. The summed E-state index contributed by atoms with van der Waals surface area (Å²) in [5.74, 6) is -0.579. The lowest BCUT2D eigenvalue weighted by atomic mass is 10.1. The Balaban J connectivity index is 2.20. The number of nitrogens with one attached hydrogen (secondary N) is 1. The average molecular weight is 199 g/mol. The summed E-state index contributed by atoms with van der Waals surface area (Å²) in [6, 6.07) is 0.346. The number of carboxylic acids is 1. The van der Waals surface area contributed by atoms with Crippen LogP contribution in [-0.4, -0.2) is 35.4 Å². The number of aliphatic hydroxyl groups is 1. The van der Waals surface area contributed by atoms with Crippen molar-refractivity contribution in [3.63, 3.8) is 0 Å². The van der Waals surface area contributed by atoms with Gasteiger partial charge in [-0.25, -0.2) is 4.79 Å². The lowest BCUT2D eigenvalue weighted by Crippen LogP contribution is -2.34. The lowest BCUT2D eigenvalue weighted by molar-refractivity contribution is -0.131. The molecule has 0 aromatic rings. The number of aliphatic carboxylic acids is 1. The molecule has 1 aliphatic rings. The van der Waals surface area contributed by atoms with E-state index in [4.69, 9.17) is 10.2 Å². The molecule has 1 fully saturated rings. The normalized spacial score (nSPS) is 27.2. The molecule has 0 spiro atoms. The van der Waals surface area contributed by atoms with E-state index in [2.05, 4.69) is 5.32 Å². The van der Waals surface area contributed by atoms with Gasteiger partial charge in [0.2, 0.25) is 0 Å². The van der Waals surface area contributed by atoms with Crippen LogP contribution in [-0.2, 0) is 4.79 Å². The fourth-order valence-corrected chi connectivity index (χ4v) is 1.90. The molecule has 80 valence electrons. The summed E-state index contributed by atoms with van der Waals surface area (Å²) in [4.78, 5) is 10.2. The van der Waals surface area contributed by atoms with Gasteiger partial charge in [-0.15, -0.1) is 0 Å². The van der Waals surface area contributed by atoms with Crippen LogP contribution in [0.3, 0.4) is 0 Å². The highest BCUT2D eigenvalue weighted by Gasteiger charge is 2.25. The summed E-state index contributed by atoms with van der Waals surface area (Å²) in [5.41, 5.74) is 0. The zero-order chi connectivity index (χ0) is 10.4. The maximum atomic E-state index is 10.2. The van der Waals surface area contributed by atoms with Gasteiger partial charge in [0, 0.05) is 25.3 Å². The fraction of sp³-hybridized carbons (Fsp3) is 0.700. The van der Waals surface area contributed by atoms with Gasteiger partial charge in [0.25, 0.3) is 0 Å². The highest BCUT2D eigenvalue weighted by molar-refractivity contribution is 5.79. The van der Waals surface area contributed by atoms with Gasteiger partial charge in [-0.1, -0.05) is 12.5 Å². The number of rotatable bonds is 5. The van der Waals surface area contributed by atoms with Crippen LogP contribution in [0.1, 0.15) is 19.3 Å². The van der Waals surface area contributed by atoms with E-state index in [-0.39, 0.29) is 6.61 Å². The van der Waals surface area contributed by atoms with E-state index in [1.165, 1.54) is 0 Å². The fourth-order valence-electron chi connectivity index (χ4n) is 1.90. The molecule has 3 N–H and O–H groups in total. The molecule has 0 saturated heterocycles. The van der Waals surface area contributed by atoms with Crippen LogP contribution in [0.2, 0.25) is 0 Å². The average Bonchev–Trinajstić information content (AvgIpc) is 2.59. The van der Waals surface area contributed by atoms with Crippen molar-refractivity contribution in [3.05, 3.63) is 12.2 Å². The first kappa shape index (κ1) is 11.2. The van der Waals surface area contributed by atoms with E-state index in [9.17, 15) is 4.79 Å². The van der Waals surface area contributed by atoms with E-state index >= 15 is 0 Å². The number of aliphatic hydroxyl groups excluding tert-OH is 1. The molecule has 0 aromatic carbocycles. The third-order valence-corrected chi connectivity index (χ3v) is 2.65. The molecule has 4 nitrogen and oxygen atoms in total. The maximum absolute atomic E-state index is 10.2. The monoisotopic (exact) mass is 199 g/mol. The number of hydrogen-bond acceptors (Lipinski definition) is 3.